The van der Waals surface area contributed by atoms with E-state index in [4.69, 9.17) is 4.74 Å². The molecule has 0 aliphatic carbocycles. The van der Waals surface area contributed by atoms with Crippen LogP contribution >= 0.6 is 0 Å². The van der Waals surface area contributed by atoms with E-state index >= 15 is 0 Å². The predicted octanol–water partition coefficient (Wildman–Crippen LogP) is 2.24. The van der Waals surface area contributed by atoms with Crippen LogP contribution in [0.25, 0.3) is 0 Å². The maximum atomic E-state index is 12.1. The van der Waals surface area contributed by atoms with E-state index < -0.39 is 9.84 Å². The highest BCUT2D eigenvalue weighted by Crippen LogP contribution is 2.26. The van der Waals surface area contributed by atoms with Gasteiger partial charge in [-0.2, -0.15) is 0 Å². The van der Waals surface area contributed by atoms with Gasteiger partial charge < -0.3 is 10.1 Å². The first-order valence-electron chi connectivity index (χ1n) is 7.22. The van der Waals surface area contributed by atoms with Crippen LogP contribution in [0, 0.1) is 5.92 Å². The van der Waals surface area contributed by atoms with E-state index in [9.17, 15) is 13.2 Å². The van der Waals surface area contributed by atoms with Crippen LogP contribution in [0.1, 0.15) is 26.2 Å². The zero-order chi connectivity index (χ0) is 15.3. The largest absolute Gasteiger partial charge is 0.492 e. The molecule has 1 N–H and O–H groups in total. The lowest BCUT2D eigenvalue weighted by atomic mass is 9.98. The minimum atomic E-state index is -2.88. The first-order chi connectivity index (χ1) is 10.00. The van der Waals surface area contributed by atoms with Crippen LogP contribution in [-0.4, -0.2) is 32.4 Å². The van der Waals surface area contributed by atoms with E-state index in [1.54, 1.807) is 6.07 Å². The van der Waals surface area contributed by atoms with Crippen molar-refractivity contribution in [2.45, 2.75) is 26.2 Å². The Hall–Kier alpha value is -1.56. The molecule has 0 aromatic heterocycles. The van der Waals surface area contributed by atoms with Crippen molar-refractivity contribution in [2.24, 2.45) is 5.92 Å². The molecule has 0 radical (unpaired) electrons. The molecule has 1 fully saturated rings. The number of para-hydroxylation sites is 2. The first kappa shape index (κ1) is 15.8. The van der Waals surface area contributed by atoms with E-state index in [1.807, 2.05) is 25.1 Å². The maximum absolute atomic E-state index is 12.1. The highest BCUT2D eigenvalue weighted by Gasteiger charge is 2.25. The minimum absolute atomic E-state index is 0.0912. The van der Waals surface area contributed by atoms with E-state index in [1.165, 1.54) is 0 Å². The fraction of sp³-hybridized carbons (Fsp3) is 0.533. The molecule has 1 aliphatic rings. The summed E-state index contributed by atoms with van der Waals surface area (Å²) in [7, 11) is -2.88. The van der Waals surface area contributed by atoms with E-state index in [0.29, 0.717) is 37.3 Å². The highest BCUT2D eigenvalue weighted by molar-refractivity contribution is 7.91. The van der Waals surface area contributed by atoms with E-state index in [-0.39, 0.29) is 23.3 Å². The summed E-state index contributed by atoms with van der Waals surface area (Å²) in [5, 5.41) is 2.85. The third-order valence-corrected chi connectivity index (χ3v) is 5.32. The maximum Gasteiger partial charge on any atom is 0.224 e. The SMILES string of the molecule is CCOc1ccccc1NC(=O)CC1CCS(=O)(=O)CC1. The number of benzene rings is 1. The summed E-state index contributed by atoms with van der Waals surface area (Å²) in [4.78, 5) is 12.1. The molecule has 1 amide bonds. The Balaban J connectivity index is 1.90. The Morgan fingerprint density at radius 1 is 1.29 bits per heavy atom. The lowest BCUT2D eigenvalue weighted by molar-refractivity contribution is -0.117. The second-order valence-electron chi connectivity index (χ2n) is 5.28. The van der Waals surface area contributed by atoms with Crippen molar-refractivity contribution in [3.8, 4) is 5.75 Å². The Kier molecular flexibility index (Phi) is 5.22. The second-order valence-corrected chi connectivity index (χ2v) is 7.58. The zero-order valence-corrected chi connectivity index (χ0v) is 13.0. The van der Waals surface area contributed by atoms with E-state index in [2.05, 4.69) is 5.32 Å². The molecule has 1 saturated heterocycles. The molecule has 1 aromatic carbocycles. The lowest BCUT2D eigenvalue weighted by Crippen LogP contribution is -2.26. The van der Waals surface area contributed by atoms with Crippen LogP contribution < -0.4 is 10.1 Å². The number of sulfone groups is 1. The third kappa shape index (κ3) is 4.74. The molecule has 1 heterocycles. The van der Waals surface area contributed by atoms with Crippen LogP contribution in [-0.2, 0) is 14.6 Å². The van der Waals surface area contributed by atoms with Gasteiger partial charge in [0.25, 0.3) is 0 Å². The van der Waals surface area contributed by atoms with Gasteiger partial charge in [-0.05, 0) is 37.8 Å². The van der Waals surface area contributed by atoms with Crippen LogP contribution in [0.4, 0.5) is 5.69 Å². The van der Waals surface area contributed by atoms with Crippen LogP contribution in [0.3, 0.4) is 0 Å². The average molecular weight is 311 g/mol. The molecular weight excluding hydrogens is 290 g/mol. The van der Waals surface area contributed by atoms with Gasteiger partial charge in [0, 0.05) is 6.42 Å². The van der Waals surface area contributed by atoms with Gasteiger partial charge in [-0.15, -0.1) is 0 Å². The molecule has 0 spiro atoms. The van der Waals surface area contributed by atoms with Crippen LogP contribution in [0.15, 0.2) is 24.3 Å². The Morgan fingerprint density at radius 2 is 1.95 bits per heavy atom. The fourth-order valence-corrected chi connectivity index (χ4v) is 4.05. The first-order valence-corrected chi connectivity index (χ1v) is 9.04. The van der Waals surface area contributed by atoms with Crippen molar-refractivity contribution in [3.63, 3.8) is 0 Å². The van der Waals surface area contributed by atoms with Gasteiger partial charge in [-0.1, -0.05) is 12.1 Å². The summed E-state index contributed by atoms with van der Waals surface area (Å²) in [6, 6.07) is 7.30. The summed E-state index contributed by atoms with van der Waals surface area (Å²) in [6.07, 6.45) is 1.50. The summed E-state index contributed by atoms with van der Waals surface area (Å²) in [5.41, 5.74) is 0.660. The smallest absolute Gasteiger partial charge is 0.224 e. The van der Waals surface area contributed by atoms with Gasteiger partial charge in [0.2, 0.25) is 5.91 Å². The number of carbonyl (C=O) groups excluding carboxylic acids is 1. The molecule has 6 heteroatoms. The number of ether oxygens (including phenoxy) is 1. The molecule has 2 rings (SSSR count). The Morgan fingerprint density at radius 3 is 2.62 bits per heavy atom. The Bertz CT molecular complexity index is 583. The van der Waals surface area contributed by atoms with Crippen molar-refractivity contribution in [2.75, 3.05) is 23.4 Å². The molecule has 0 saturated carbocycles. The quantitative estimate of drug-likeness (QED) is 0.905. The van der Waals surface area contributed by atoms with Gasteiger partial charge in [0.1, 0.15) is 15.6 Å². The summed E-state index contributed by atoms with van der Waals surface area (Å²) >= 11 is 0. The summed E-state index contributed by atoms with van der Waals surface area (Å²) < 4.78 is 28.2. The number of rotatable bonds is 5. The average Bonchev–Trinajstić information content (AvgIpc) is 2.44. The number of hydrogen-bond acceptors (Lipinski definition) is 4. The standard InChI is InChI=1S/C15H21NO4S/c1-2-20-14-6-4-3-5-13(14)16-15(17)11-12-7-9-21(18,19)10-8-12/h3-6,12H,2,7-11H2,1H3,(H,16,17). The third-order valence-electron chi connectivity index (χ3n) is 3.61. The number of hydrogen-bond donors (Lipinski definition) is 1. The fourth-order valence-electron chi connectivity index (χ4n) is 2.46. The van der Waals surface area contributed by atoms with Crippen molar-refractivity contribution in [3.05, 3.63) is 24.3 Å². The van der Waals surface area contributed by atoms with Crippen molar-refractivity contribution in [1.82, 2.24) is 0 Å². The number of nitrogens with one attached hydrogen (secondary N) is 1. The van der Waals surface area contributed by atoms with E-state index in [0.717, 1.165) is 0 Å². The molecular formula is C15H21NO4S. The monoisotopic (exact) mass is 311 g/mol. The number of anilines is 1. The zero-order valence-electron chi connectivity index (χ0n) is 12.2. The highest BCUT2D eigenvalue weighted by atomic mass is 32.2. The minimum Gasteiger partial charge on any atom is -0.492 e. The van der Waals surface area contributed by atoms with Crippen LogP contribution in [0.5, 0.6) is 5.75 Å². The predicted molar refractivity (Wildman–Crippen MR) is 82.2 cm³/mol. The number of carbonyl (C=O) groups is 1. The van der Waals surface area contributed by atoms with Gasteiger partial charge in [0.15, 0.2) is 0 Å². The second kappa shape index (κ2) is 6.93. The molecule has 21 heavy (non-hydrogen) atoms. The van der Waals surface area contributed by atoms with Crippen molar-refractivity contribution < 1.29 is 17.9 Å². The topological polar surface area (TPSA) is 72.5 Å². The molecule has 1 aliphatic heterocycles. The van der Waals surface area contributed by atoms with Crippen molar-refractivity contribution >= 4 is 21.4 Å². The molecule has 0 bridgehead atoms. The molecule has 1 aromatic rings. The molecule has 116 valence electrons. The number of amides is 1. The van der Waals surface area contributed by atoms with Crippen LogP contribution in [0.2, 0.25) is 0 Å². The van der Waals surface area contributed by atoms with Gasteiger partial charge in [-0.25, -0.2) is 8.42 Å². The normalized spacial score (nSPS) is 18.1. The van der Waals surface area contributed by atoms with Crippen molar-refractivity contribution in [1.29, 1.82) is 0 Å². The molecule has 0 atom stereocenters. The Labute approximate surface area is 125 Å². The van der Waals surface area contributed by atoms with Gasteiger partial charge in [-0.3, -0.25) is 4.79 Å². The lowest BCUT2D eigenvalue weighted by Gasteiger charge is -2.21. The summed E-state index contributed by atoms with van der Waals surface area (Å²) in [6.45, 7) is 2.43. The molecule has 5 nitrogen and oxygen atoms in total. The van der Waals surface area contributed by atoms with Gasteiger partial charge in [0.05, 0.1) is 23.8 Å². The summed E-state index contributed by atoms with van der Waals surface area (Å²) in [5.74, 6) is 1.10. The molecule has 0 unspecified atom stereocenters. The van der Waals surface area contributed by atoms with Gasteiger partial charge >= 0.3 is 0 Å².